The number of carbonyl (C=O) groups excluding carboxylic acids is 1. The van der Waals surface area contributed by atoms with Crippen LogP contribution in [0.3, 0.4) is 0 Å². The van der Waals surface area contributed by atoms with E-state index in [2.05, 4.69) is 4.74 Å². The van der Waals surface area contributed by atoms with Crippen molar-refractivity contribution in [2.75, 3.05) is 0 Å². The second kappa shape index (κ2) is 3.81. The zero-order valence-corrected chi connectivity index (χ0v) is 6.43. The molecular weight excluding hydrogens is 152 g/mol. The summed E-state index contributed by atoms with van der Waals surface area (Å²) in [5, 5.41) is 0.284. The maximum absolute atomic E-state index is 9.77. The number of hydrogen-bond donors (Lipinski definition) is 0. The van der Waals surface area contributed by atoms with Crippen molar-refractivity contribution in [2.45, 2.75) is 37.2 Å². The van der Waals surface area contributed by atoms with Crippen molar-refractivity contribution in [2.24, 2.45) is 0 Å². The molecule has 0 spiro atoms. The van der Waals surface area contributed by atoms with E-state index in [0.717, 1.165) is 25.7 Å². The third-order valence-electron chi connectivity index (χ3n) is 1.82. The average molecular weight is 162 g/mol. The van der Waals surface area contributed by atoms with Crippen LogP contribution in [0.15, 0.2) is 0 Å². The van der Waals surface area contributed by atoms with Crippen LogP contribution >= 0.6 is 11.6 Å². The van der Waals surface area contributed by atoms with Crippen LogP contribution in [0.4, 0.5) is 0 Å². The number of alkyl halides is 1. The highest BCUT2D eigenvalue weighted by molar-refractivity contribution is 6.20. The first kappa shape index (κ1) is 7.86. The molecule has 2 nitrogen and oxygen atoms in total. The van der Waals surface area contributed by atoms with Crippen LogP contribution in [-0.2, 0) is 9.53 Å². The standard InChI is InChI=1S/C7H10ClO2/c8-6-1-3-7(4-2-6)10-5-9/h6-7H,1-4H2. The summed E-state index contributed by atoms with van der Waals surface area (Å²) in [5.41, 5.74) is 0. The molecule has 1 saturated carbocycles. The first-order valence-corrected chi connectivity index (χ1v) is 3.93. The molecule has 0 amide bonds. The van der Waals surface area contributed by atoms with Gasteiger partial charge in [-0.1, -0.05) is 0 Å². The van der Waals surface area contributed by atoms with Gasteiger partial charge in [0.1, 0.15) is 6.10 Å². The molecular formula is C7H10ClO2. The molecule has 0 heterocycles. The lowest BCUT2D eigenvalue weighted by Gasteiger charge is -2.22. The van der Waals surface area contributed by atoms with Gasteiger partial charge in [0.15, 0.2) is 0 Å². The molecule has 0 aliphatic heterocycles. The predicted octanol–water partition coefficient (Wildman–Crippen LogP) is 1.62. The van der Waals surface area contributed by atoms with Crippen LogP contribution in [0.1, 0.15) is 25.7 Å². The van der Waals surface area contributed by atoms with Crippen LogP contribution in [0, 0.1) is 0 Å². The van der Waals surface area contributed by atoms with Gasteiger partial charge in [0, 0.05) is 5.38 Å². The normalized spacial score (nSPS) is 33.3. The van der Waals surface area contributed by atoms with Crippen LogP contribution in [0.5, 0.6) is 0 Å². The van der Waals surface area contributed by atoms with Gasteiger partial charge in [-0.2, -0.15) is 0 Å². The summed E-state index contributed by atoms with van der Waals surface area (Å²) < 4.78 is 4.67. The zero-order valence-electron chi connectivity index (χ0n) is 5.68. The summed E-state index contributed by atoms with van der Waals surface area (Å²) in [4.78, 5) is 9.77. The van der Waals surface area contributed by atoms with Crippen molar-refractivity contribution >= 4 is 18.1 Å². The topological polar surface area (TPSA) is 26.3 Å². The Morgan fingerprint density at radius 1 is 1.30 bits per heavy atom. The molecule has 57 valence electrons. The highest BCUT2D eigenvalue weighted by Crippen LogP contribution is 2.24. The smallest absolute Gasteiger partial charge is 0.417 e. The first-order chi connectivity index (χ1) is 4.83. The van der Waals surface area contributed by atoms with Gasteiger partial charge in [0.2, 0.25) is 0 Å². The maximum Gasteiger partial charge on any atom is 0.417 e. The fourth-order valence-electron chi connectivity index (χ4n) is 1.21. The Kier molecular flexibility index (Phi) is 3.00. The number of halogens is 1. The van der Waals surface area contributed by atoms with Crippen molar-refractivity contribution in [3.05, 3.63) is 0 Å². The van der Waals surface area contributed by atoms with Crippen molar-refractivity contribution in [3.63, 3.8) is 0 Å². The van der Waals surface area contributed by atoms with Crippen molar-refractivity contribution in [3.8, 4) is 0 Å². The van der Waals surface area contributed by atoms with Crippen LogP contribution in [-0.4, -0.2) is 18.0 Å². The van der Waals surface area contributed by atoms with Crippen molar-refractivity contribution < 1.29 is 9.53 Å². The molecule has 0 bridgehead atoms. The van der Waals surface area contributed by atoms with Crippen LogP contribution < -0.4 is 0 Å². The molecule has 10 heavy (non-hydrogen) atoms. The van der Waals surface area contributed by atoms with Crippen molar-refractivity contribution in [1.82, 2.24) is 0 Å². The lowest BCUT2D eigenvalue weighted by Crippen LogP contribution is -2.21. The second-order valence-electron chi connectivity index (χ2n) is 2.58. The molecule has 1 aliphatic rings. The molecule has 1 aliphatic carbocycles. The van der Waals surface area contributed by atoms with Gasteiger partial charge in [-0.25, -0.2) is 4.79 Å². The van der Waals surface area contributed by atoms with Gasteiger partial charge < -0.3 is 4.74 Å². The predicted molar refractivity (Wildman–Crippen MR) is 38.7 cm³/mol. The van der Waals surface area contributed by atoms with Gasteiger partial charge in [-0.3, -0.25) is 0 Å². The van der Waals surface area contributed by atoms with Gasteiger partial charge in [-0.15, -0.1) is 11.6 Å². The fraction of sp³-hybridized carbons (Fsp3) is 0.857. The average Bonchev–Trinajstić information content (AvgIpc) is 1.95. The quantitative estimate of drug-likeness (QED) is 0.576. The van der Waals surface area contributed by atoms with E-state index in [0.29, 0.717) is 0 Å². The third kappa shape index (κ3) is 2.18. The molecule has 0 aromatic heterocycles. The molecule has 1 radical (unpaired) electrons. The van der Waals surface area contributed by atoms with E-state index in [4.69, 9.17) is 11.6 Å². The molecule has 0 saturated heterocycles. The van der Waals surface area contributed by atoms with E-state index in [-0.39, 0.29) is 11.5 Å². The lowest BCUT2D eigenvalue weighted by atomic mass is 9.97. The van der Waals surface area contributed by atoms with Crippen LogP contribution in [0.25, 0.3) is 0 Å². The minimum atomic E-state index is 0.0764. The minimum Gasteiger partial charge on any atom is -0.454 e. The highest BCUT2D eigenvalue weighted by atomic mass is 35.5. The summed E-state index contributed by atoms with van der Waals surface area (Å²) in [6.07, 6.45) is 3.77. The van der Waals surface area contributed by atoms with Gasteiger partial charge in [0.25, 0.3) is 0 Å². The van der Waals surface area contributed by atoms with Crippen molar-refractivity contribution in [1.29, 1.82) is 0 Å². The Balaban J connectivity index is 2.19. The highest BCUT2D eigenvalue weighted by Gasteiger charge is 2.19. The van der Waals surface area contributed by atoms with Gasteiger partial charge in [-0.05, 0) is 25.7 Å². The summed E-state index contributed by atoms with van der Waals surface area (Å²) in [6, 6.07) is 0. The lowest BCUT2D eigenvalue weighted by molar-refractivity contribution is 0.136. The Bertz CT molecular complexity index is 108. The van der Waals surface area contributed by atoms with E-state index in [1.807, 2.05) is 0 Å². The molecule has 0 aromatic rings. The molecule has 1 rings (SSSR count). The molecule has 0 N–H and O–H groups in total. The Hall–Kier alpha value is -0.240. The van der Waals surface area contributed by atoms with E-state index in [1.54, 1.807) is 0 Å². The summed E-state index contributed by atoms with van der Waals surface area (Å²) in [7, 11) is 0. The van der Waals surface area contributed by atoms with E-state index >= 15 is 0 Å². The van der Waals surface area contributed by atoms with E-state index in [9.17, 15) is 4.79 Å². The Morgan fingerprint density at radius 3 is 2.40 bits per heavy atom. The molecule has 1 fully saturated rings. The van der Waals surface area contributed by atoms with E-state index in [1.165, 1.54) is 6.47 Å². The Labute approximate surface area is 65.5 Å². The van der Waals surface area contributed by atoms with E-state index < -0.39 is 0 Å². The third-order valence-corrected chi connectivity index (χ3v) is 2.25. The summed E-state index contributed by atoms with van der Waals surface area (Å²) >= 11 is 5.83. The van der Waals surface area contributed by atoms with Gasteiger partial charge in [0.05, 0.1) is 0 Å². The number of ether oxygens (including phenoxy) is 1. The molecule has 0 atom stereocenters. The number of rotatable bonds is 2. The Morgan fingerprint density at radius 2 is 1.90 bits per heavy atom. The van der Waals surface area contributed by atoms with Gasteiger partial charge >= 0.3 is 6.47 Å². The zero-order chi connectivity index (χ0) is 7.40. The minimum absolute atomic E-state index is 0.0764. The van der Waals surface area contributed by atoms with Crippen LogP contribution in [0.2, 0.25) is 0 Å². The second-order valence-corrected chi connectivity index (χ2v) is 3.19. The first-order valence-electron chi connectivity index (χ1n) is 3.50. The monoisotopic (exact) mass is 161 g/mol. The largest absolute Gasteiger partial charge is 0.454 e. The number of hydrogen-bond acceptors (Lipinski definition) is 2. The fourth-order valence-corrected chi connectivity index (χ4v) is 1.46. The molecule has 0 aromatic carbocycles. The summed E-state index contributed by atoms with van der Waals surface area (Å²) in [6.45, 7) is 1.46. The SMILES string of the molecule is O=[C]OC1CCC(Cl)CC1. The maximum atomic E-state index is 9.77. The molecule has 0 unspecified atom stereocenters. The summed E-state index contributed by atoms with van der Waals surface area (Å²) in [5.74, 6) is 0. The molecule has 3 heteroatoms.